The number of ether oxygens (including phenoxy) is 2. The minimum absolute atomic E-state index is 0.135. The lowest BCUT2D eigenvalue weighted by atomic mass is 9.85. The van der Waals surface area contributed by atoms with E-state index in [4.69, 9.17) is 9.47 Å². The summed E-state index contributed by atoms with van der Waals surface area (Å²) in [5, 5.41) is 0. The van der Waals surface area contributed by atoms with E-state index >= 15 is 0 Å². The van der Waals surface area contributed by atoms with Crippen LogP contribution in [0.2, 0.25) is 0 Å². The molecule has 64 valence electrons. The second-order valence-electron chi connectivity index (χ2n) is 3.64. The van der Waals surface area contributed by atoms with Crippen LogP contribution in [0.15, 0.2) is 0 Å². The monoisotopic (exact) mass is 156 g/mol. The van der Waals surface area contributed by atoms with Crippen LogP contribution < -0.4 is 0 Å². The van der Waals surface area contributed by atoms with Gasteiger partial charge >= 0.3 is 0 Å². The highest BCUT2D eigenvalue weighted by molar-refractivity contribution is 4.85. The summed E-state index contributed by atoms with van der Waals surface area (Å²) in [5.41, 5.74) is 0.135. The molecule has 0 aromatic carbocycles. The van der Waals surface area contributed by atoms with E-state index in [9.17, 15) is 0 Å². The molecule has 0 amide bonds. The molecule has 1 aliphatic carbocycles. The molecular weight excluding hydrogens is 140 g/mol. The van der Waals surface area contributed by atoms with Crippen LogP contribution >= 0.6 is 0 Å². The Morgan fingerprint density at radius 1 is 0.909 bits per heavy atom. The van der Waals surface area contributed by atoms with E-state index in [1.165, 1.54) is 32.1 Å². The van der Waals surface area contributed by atoms with Crippen molar-refractivity contribution >= 4 is 0 Å². The Balaban J connectivity index is 1.94. The van der Waals surface area contributed by atoms with Crippen LogP contribution in [0.3, 0.4) is 0 Å². The predicted molar refractivity (Wildman–Crippen MR) is 42.6 cm³/mol. The van der Waals surface area contributed by atoms with Gasteiger partial charge in [-0.15, -0.1) is 0 Å². The van der Waals surface area contributed by atoms with Gasteiger partial charge < -0.3 is 9.47 Å². The molecule has 2 heteroatoms. The van der Waals surface area contributed by atoms with Gasteiger partial charge in [0.2, 0.25) is 0 Å². The summed E-state index contributed by atoms with van der Waals surface area (Å²) in [5.74, 6) is 0. The van der Waals surface area contributed by atoms with Crippen LogP contribution in [0.1, 0.15) is 32.1 Å². The Morgan fingerprint density at radius 3 is 2.36 bits per heavy atom. The number of hydrogen-bond donors (Lipinski definition) is 0. The largest absolute Gasteiger partial charge is 0.376 e. The molecule has 1 heterocycles. The molecule has 2 aliphatic rings. The third kappa shape index (κ3) is 1.57. The Morgan fingerprint density at radius 2 is 1.73 bits per heavy atom. The van der Waals surface area contributed by atoms with E-state index in [1.807, 2.05) is 0 Å². The predicted octanol–water partition coefficient (Wildman–Crippen LogP) is 1.74. The van der Waals surface area contributed by atoms with Gasteiger partial charge in [-0.3, -0.25) is 0 Å². The Bertz CT molecular complexity index is 102. The molecule has 0 aromatic heterocycles. The van der Waals surface area contributed by atoms with Gasteiger partial charge in [-0.2, -0.15) is 0 Å². The molecule has 2 rings (SSSR count). The second kappa shape index (κ2) is 3.11. The smallest absolute Gasteiger partial charge is 0.0916 e. The lowest BCUT2D eigenvalue weighted by Crippen LogP contribution is -2.44. The molecule has 2 nitrogen and oxygen atoms in total. The van der Waals surface area contributed by atoms with E-state index in [0.29, 0.717) is 0 Å². The van der Waals surface area contributed by atoms with Gasteiger partial charge in [0.25, 0.3) is 0 Å². The second-order valence-corrected chi connectivity index (χ2v) is 3.64. The zero-order chi connectivity index (χ0) is 7.57. The van der Waals surface area contributed by atoms with Crippen molar-refractivity contribution in [3.05, 3.63) is 0 Å². The first-order chi connectivity index (χ1) is 5.41. The fraction of sp³-hybridized carbons (Fsp3) is 1.00. The van der Waals surface area contributed by atoms with Crippen molar-refractivity contribution in [1.82, 2.24) is 0 Å². The van der Waals surface area contributed by atoms with Crippen LogP contribution in [0, 0.1) is 0 Å². The molecule has 0 atom stereocenters. The maximum absolute atomic E-state index is 5.78. The van der Waals surface area contributed by atoms with Gasteiger partial charge in [-0.05, 0) is 12.8 Å². The SMILES string of the molecule is C1CCC2(CC1)COCCO2. The highest BCUT2D eigenvalue weighted by Gasteiger charge is 2.35. The summed E-state index contributed by atoms with van der Waals surface area (Å²) in [4.78, 5) is 0. The maximum Gasteiger partial charge on any atom is 0.0916 e. The third-order valence-electron chi connectivity index (χ3n) is 2.77. The molecule has 11 heavy (non-hydrogen) atoms. The molecule has 2 fully saturated rings. The number of rotatable bonds is 0. The summed E-state index contributed by atoms with van der Waals surface area (Å²) in [6.45, 7) is 2.44. The fourth-order valence-electron chi connectivity index (χ4n) is 2.10. The van der Waals surface area contributed by atoms with Gasteiger partial charge in [-0.25, -0.2) is 0 Å². The molecule has 0 aromatic rings. The van der Waals surface area contributed by atoms with Gasteiger partial charge in [-0.1, -0.05) is 19.3 Å². The molecule has 1 saturated heterocycles. The third-order valence-corrected chi connectivity index (χ3v) is 2.77. The Kier molecular flexibility index (Phi) is 2.14. The highest BCUT2D eigenvalue weighted by Crippen LogP contribution is 2.33. The van der Waals surface area contributed by atoms with Crippen LogP contribution in [-0.4, -0.2) is 25.4 Å². The van der Waals surface area contributed by atoms with Crippen LogP contribution in [0.5, 0.6) is 0 Å². The quantitative estimate of drug-likeness (QED) is 0.532. The molecule has 0 unspecified atom stereocenters. The van der Waals surface area contributed by atoms with Gasteiger partial charge in [0, 0.05) is 0 Å². The first-order valence-corrected chi connectivity index (χ1v) is 4.63. The van der Waals surface area contributed by atoms with Crippen molar-refractivity contribution in [2.45, 2.75) is 37.7 Å². The van der Waals surface area contributed by atoms with Crippen molar-refractivity contribution in [2.24, 2.45) is 0 Å². The minimum Gasteiger partial charge on any atom is -0.376 e. The zero-order valence-electron chi connectivity index (χ0n) is 6.97. The van der Waals surface area contributed by atoms with Crippen molar-refractivity contribution in [3.63, 3.8) is 0 Å². The van der Waals surface area contributed by atoms with Gasteiger partial charge in [0.1, 0.15) is 0 Å². The van der Waals surface area contributed by atoms with E-state index < -0.39 is 0 Å². The van der Waals surface area contributed by atoms with E-state index in [1.54, 1.807) is 0 Å². The van der Waals surface area contributed by atoms with Crippen molar-refractivity contribution in [1.29, 1.82) is 0 Å². The topological polar surface area (TPSA) is 18.5 Å². The van der Waals surface area contributed by atoms with Crippen LogP contribution in [0.4, 0.5) is 0 Å². The highest BCUT2D eigenvalue weighted by atomic mass is 16.6. The van der Waals surface area contributed by atoms with Gasteiger partial charge in [0.15, 0.2) is 0 Å². The first kappa shape index (κ1) is 7.56. The van der Waals surface area contributed by atoms with Crippen molar-refractivity contribution in [3.8, 4) is 0 Å². The van der Waals surface area contributed by atoms with Crippen molar-refractivity contribution < 1.29 is 9.47 Å². The van der Waals surface area contributed by atoms with Crippen molar-refractivity contribution in [2.75, 3.05) is 19.8 Å². The lowest BCUT2D eigenvalue weighted by molar-refractivity contribution is -0.170. The maximum atomic E-state index is 5.78. The molecule has 0 bridgehead atoms. The van der Waals surface area contributed by atoms with Crippen LogP contribution in [-0.2, 0) is 9.47 Å². The molecular formula is C9H16O2. The van der Waals surface area contributed by atoms with Gasteiger partial charge in [0.05, 0.1) is 25.4 Å². The lowest BCUT2D eigenvalue weighted by Gasteiger charge is -2.39. The summed E-state index contributed by atoms with van der Waals surface area (Å²) < 4.78 is 11.2. The standard InChI is InChI=1S/C9H16O2/c1-2-4-9(5-3-1)8-10-6-7-11-9/h1-8H2. The summed E-state index contributed by atoms with van der Waals surface area (Å²) in [6.07, 6.45) is 6.46. The molecule has 0 radical (unpaired) electrons. The van der Waals surface area contributed by atoms with E-state index in [2.05, 4.69) is 0 Å². The molecule has 1 saturated carbocycles. The minimum atomic E-state index is 0.135. The normalized spacial score (nSPS) is 30.5. The fourth-order valence-corrected chi connectivity index (χ4v) is 2.10. The Hall–Kier alpha value is -0.0800. The zero-order valence-corrected chi connectivity index (χ0v) is 6.97. The molecule has 0 N–H and O–H groups in total. The van der Waals surface area contributed by atoms with E-state index in [0.717, 1.165) is 19.8 Å². The average molecular weight is 156 g/mol. The summed E-state index contributed by atoms with van der Waals surface area (Å²) >= 11 is 0. The Labute approximate surface area is 67.9 Å². The van der Waals surface area contributed by atoms with E-state index in [-0.39, 0.29) is 5.60 Å². The molecule has 1 spiro atoms. The summed E-state index contributed by atoms with van der Waals surface area (Å²) in [6, 6.07) is 0. The average Bonchev–Trinajstić information content (AvgIpc) is 2.07. The number of hydrogen-bond acceptors (Lipinski definition) is 2. The first-order valence-electron chi connectivity index (χ1n) is 4.63. The van der Waals surface area contributed by atoms with Crippen LogP contribution in [0.25, 0.3) is 0 Å². The summed E-state index contributed by atoms with van der Waals surface area (Å²) in [7, 11) is 0. The molecule has 1 aliphatic heterocycles.